The van der Waals surface area contributed by atoms with Crippen molar-refractivity contribution in [3.05, 3.63) is 71.3 Å². The van der Waals surface area contributed by atoms with Gasteiger partial charge in [0.25, 0.3) is 0 Å². The second-order valence-corrected chi connectivity index (χ2v) is 14.2. The number of hydrogen-bond acceptors (Lipinski definition) is 3. The van der Waals surface area contributed by atoms with E-state index < -0.39 is 7.92 Å². The van der Waals surface area contributed by atoms with E-state index >= 15 is 0 Å². The molecular weight excluding hydrogens is 466 g/mol. The van der Waals surface area contributed by atoms with E-state index in [-0.39, 0.29) is 50.9 Å². The van der Waals surface area contributed by atoms with Crippen LogP contribution in [0.3, 0.4) is 0 Å². The quantitative estimate of drug-likeness (QED) is 0.399. The first-order valence-corrected chi connectivity index (χ1v) is 13.1. The predicted molar refractivity (Wildman–Crippen MR) is 145 cm³/mol. The molecule has 3 nitrogen and oxygen atoms in total. The molecule has 0 amide bonds. The van der Waals surface area contributed by atoms with Crippen molar-refractivity contribution in [3.8, 4) is 17.2 Å². The molecule has 0 fully saturated rings. The van der Waals surface area contributed by atoms with Crippen LogP contribution in [0.2, 0.25) is 0 Å². The summed E-state index contributed by atoms with van der Waals surface area (Å²) in [5.41, 5.74) is 2.50. The van der Waals surface area contributed by atoms with Gasteiger partial charge in [0.2, 0.25) is 0 Å². The van der Waals surface area contributed by atoms with Crippen molar-refractivity contribution in [1.29, 1.82) is 0 Å². The first-order chi connectivity index (χ1) is 15.5. The Balaban J connectivity index is 0.00000432. The summed E-state index contributed by atoms with van der Waals surface area (Å²) in [6.45, 7) is 18.9. The van der Waals surface area contributed by atoms with E-state index in [9.17, 15) is 15.3 Å². The molecule has 0 N–H and O–H groups in total. The number of hydrogen-bond donors (Lipinski definition) is 0. The van der Waals surface area contributed by atoms with E-state index in [1.807, 2.05) is 36.4 Å². The smallest absolute Gasteiger partial charge is 0.872 e. The fourth-order valence-corrected chi connectivity index (χ4v) is 6.33. The standard InChI is InChI=1S/C30H39O3P.Al/c1-28(2,3)19-10-13-22(31)25(16-19)34(26-17-20(29(4,5)6)11-14-23(26)32)27-18-21(30(7,8)9)12-15-24(27)33;/h10-18,31-33H,1-9H3;/q;+3/p-3. The van der Waals surface area contributed by atoms with Crippen molar-refractivity contribution in [1.82, 2.24) is 0 Å². The van der Waals surface area contributed by atoms with E-state index in [0.717, 1.165) is 16.7 Å². The molecule has 3 aromatic rings. The Labute approximate surface area is 223 Å². The van der Waals surface area contributed by atoms with Crippen LogP contribution in [0.15, 0.2) is 54.6 Å². The van der Waals surface area contributed by atoms with Gasteiger partial charge < -0.3 is 15.3 Å². The molecular formula is C30H36AlO3P. The summed E-state index contributed by atoms with van der Waals surface area (Å²) in [5.74, 6) is -0.416. The van der Waals surface area contributed by atoms with Crippen LogP contribution < -0.4 is 31.2 Å². The molecule has 0 unspecified atom stereocenters. The van der Waals surface area contributed by atoms with E-state index in [0.29, 0.717) is 15.9 Å². The molecule has 0 spiro atoms. The monoisotopic (exact) mass is 502 g/mol. The van der Waals surface area contributed by atoms with Gasteiger partial charge in [0, 0.05) is 0 Å². The Morgan fingerprint density at radius 2 is 0.686 bits per heavy atom. The first kappa shape index (κ1) is 29.3. The maximum absolute atomic E-state index is 13.3. The van der Waals surface area contributed by atoms with Crippen LogP contribution >= 0.6 is 7.92 Å². The van der Waals surface area contributed by atoms with Crippen LogP contribution in [0.4, 0.5) is 0 Å². The second kappa shape index (κ2) is 10.2. The Kier molecular flexibility index (Phi) is 8.51. The van der Waals surface area contributed by atoms with Gasteiger partial charge in [-0.1, -0.05) is 117 Å². The minimum atomic E-state index is -1.64. The van der Waals surface area contributed by atoms with E-state index in [2.05, 4.69) is 62.3 Å². The van der Waals surface area contributed by atoms with Gasteiger partial charge >= 0.3 is 17.4 Å². The van der Waals surface area contributed by atoms with Crippen LogP contribution in [-0.4, -0.2) is 17.4 Å². The average Bonchev–Trinajstić information content (AvgIpc) is 2.69. The molecule has 0 aliphatic carbocycles. The van der Waals surface area contributed by atoms with Crippen molar-refractivity contribution in [2.45, 2.75) is 78.6 Å². The van der Waals surface area contributed by atoms with Crippen molar-refractivity contribution in [2.75, 3.05) is 0 Å². The predicted octanol–water partition coefficient (Wildman–Crippen LogP) is 4.18. The van der Waals surface area contributed by atoms with E-state index in [1.165, 1.54) is 0 Å². The van der Waals surface area contributed by atoms with E-state index in [1.54, 1.807) is 18.2 Å². The molecule has 3 aromatic carbocycles. The molecule has 35 heavy (non-hydrogen) atoms. The van der Waals surface area contributed by atoms with Crippen LogP contribution in [0.1, 0.15) is 79.0 Å². The topological polar surface area (TPSA) is 69.2 Å². The SMILES string of the molecule is CC(C)(C)c1ccc([O-])c(P(c2cc(C(C)(C)C)ccc2[O-])c2cc(C(C)(C)C)ccc2[O-])c1.[Al+3]. The number of benzene rings is 3. The molecule has 0 saturated heterocycles. The van der Waals surface area contributed by atoms with Crippen molar-refractivity contribution >= 4 is 41.2 Å². The van der Waals surface area contributed by atoms with Gasteiger partial charge in [-0.25, -0.2) is 0 Å². The Morgan fingerprint density at radius 3 is 0.886 bits per heavy atom. The molecule has 3 rings (SSSR count). The third-order valence-corrected chi connectivity index (χ3v) is 8.69. The van der Waals surface area contributed by atoms with Gasteiger partial charge in [-0.2, -0.15) is 0 Å². The van der Waals surface area contributed by atoms with Gasteiger partial charge in [0.05, 0.1) is 0 Å². The fraction of sp³-hybridized carbons (Fsp3) is 0.400. The summed E-state index contributed by atoms with van der Waals surface area (Å²) < 4.78 is 0. The van der Waals surface area contributed by atoms with Crippen LogP contribution in [0, 0.1) is 0 Å². The molecule has 5 heteroatoms. The average molecular weight is 503 g/mol. The maximum atomic E-state index is 13.3. The molecule has 0 aliphatic heterocycles. The molecule has 0 atom stereocenters. The van der Waals surface area contributed by atoms with Crippen LogP contribution in [-0.2, 0) is 16.2 Å². The van der Waals surface area contributed by atoms with E-state index in [4.69, 9.17) is 0 Å². The van der Waals surface area contributed by atoms with Crippen LogP contribution in [0.5, 0.6) is 17.2 Å². The minimum Gasteiger partial charge on any atom is -0.872 e. The third-order valence-electron chi connectivity index (χ3n) is 6.20. The summed E-state index contributed by atoms with van der Waals surface area (Å²) in [4.78, 5) is 0. The van der Waals surface area contributed by atoms with Crippen molar-refractivity contribution in [3.63, 3.8) is 0 Å². The molecule has 0 aromatic heterocycles. The largest absolute Gasteiger partial charge is 3.00 e. The second-order valence-electron chi connectivity index (χ2n) is 12.1. The molecule has 0 saturated carbocycles. The minimum absolute atomic E-state index is 0. The first-order valence-electron chi connectivity index (χ1n) is 11.7. The Morgan fingerprint density at radius 1 is 0.457 bits per heavy atom. The normalized spacial score (nSPS) is 12.5. The Hall–Kier alpha value is -1.98. The summed E-state index contributed by atoms with van der Waals surface area (Å²) >= 11 is 0. The number of rotatable bonds is 3. The van der Waals surface area contributed by atoms with Crippen molar-refractivity contribution in [2.24, 2.45) is 0 Å². The van der Waals surface area contributed by atoms with Gasteiger partial charge in [-0.3, -0.25) is 0 Å². The zero-order valence-electron chi connectivity index (χ0n) is 22.4. The summed E-state index contributed by atoms with van der Waals surface area (Å²) in [5, 5.41) is 41.5. The Bertz CT molecular complexity index is 1050. The zero-order chi connectivity index (χ0) is 25.6. The molecule has 182 valence electrons. The van der Waals surface area contributed by atoms with Gasteiger partial charge in [0.15, 0.2) is 0 Å². The molecule has 0 aliphatic rings. The zero-order valence-corrected chi connectivity index (χ0v) is 24.5. The third kappa shape index (κ3) is 6.43. The maximum Gasteiger partial charge on any atom is 3.00 e. The fourth-order valence-electron chi connectivity index (χ4n) is 3.87. The van der Waals surface area contributed by atoms with Gasteiger partial charge in [-0.15, -0.1) is 17.2 Å². The van der Waals surface area contributed by atoms with Gasteiger partial charge in [-0.05, 0) is 56.8 Å². The molecule has 0 radical (unpaired) electrons. The molecule has 0 bridgehead atoms. The summed E-state index contributed by atoms with van der Waals surface area (Å²) in [6.07, 6.45) is 0. The summed E-state index contributed by atoms with van der Waals surface area (Å²) in [6, 6.07) is 16.1. The molecule has 0 heterocycles. The summed E-state index contributed by atoms with van der Waals surface area (Å²) in [7, 11) is -1.64. The van der Waals surface area contributed by atoms with Crippen LogP contribution in [0.25, 0.3) is 0 Å². The van der Waals surface area contributed by atoms with Crippen molar-refractivity contribution < 1.29 is 15.3 Å². The van der Waals surface area contributed by atoms with Gasteiger partial charge in [0.1, 0.15) is 0 Å².